The van der Waals surface area contributed by atoms with Gasteiger partial charge in [0.15, 0.2) is 0 Å². The van der Waals surface area contributed by atoms with E-state index >= 15 is 0 Å². The Kier molecular flexibility index (Phi) is 8.65. The highest BCUT2D eigenvalue weighted by Gasteiger charge is 2.23. The first-order valence-electron chi connectivity index (χ1n) is 20.9. The molecule has 0 unspecified atom stereocenters. The summed E-state index contributed by atoms with van der Waals surface area (Å²) in [5.41, 5.74) is 12.4. The minimum Gasteiger partial charge on any atom is -0.310 e. The van der Waals surface area contributed by atoms with Crippen LogP contribution in [0.5, 0.6) is 0 Å². The van der Waals surface area contributed by atoms with E-state index in [1.165, 1.54) is 58.5 Å². The van der Waals surface area contributed by atoms with Crippen LogP contribution in [0.3, 0.4) is 0 Å². The number of thiophene rings is 1. The van der Waals surface area contributed by atoms with Crippen LogP contribution in [0.2, 0.25) is 0 Å². The molecule has 62 heavy (non-hydrogen) atoms. The van der Waals surface area contributed by atoms with Crippen LogP contribution in [0.4, 0.5) is 34.1 Å². The number of anilines is 6. The van der Waals surface area contributed by atoms with Gasteiger partial charge in [-0.1, -0.05) is 121 Å². The number of benzene rings is 9. The average molecular weight is 811 g/mol. The van der Waals surface area contributed by atoms with Crippen molar-refractivity contribution in [3.8, 4) is 16.8 Å². The normalized spacial score (nSPS) is 11.5. The molecule has 9 aromatic carbocycles. The summed E-state index contributed by atoms with van der Waals surface area (Å²) in [7, 11) is 0. The van der Waals surface area contributed by atoms with E-state index in [0.29, 0.717) is 0 Å². The summed E-state index contributed by atoms with van der Waals surface area (Å²) in [4.78, 5) is 9.33. The van der Waals surface area contributed by atoms with Crippen LogP contribution in [0.25, 0.3) is 69.6 Å². The Balaban J connectivity index is 1.11. The van der Waals surface area contributed by atoms with Crippen molar-refractivity contribution in [3.05, 3.63) is 231 Å². The third-order valence-corrected chi connectivity index (χ3v) is 13.1. The predicted octanol–water partition coefficient (Wildman–Crippen LogP) is 16.3. The first-order chi connectivity index (χ1) is 30.8. The van der Waals surface area contributed by atoms with Crippen molar-refractivity contribution >= 4 is 98.2 Å². The van der Waals surface area contributed by atoms with Gasteiger partial charge in [0.2, 0.25) is 0 Å². The molecule has 4 nitrogen and oxygen atoms in total. The van der Waals surface area contributed by atoms with E-state index in [0.717, 1.165) is 45.2 Å². The van der Waals surface area contributed by atoms with Crippen LogP contribution in [0.15, 0.2) is 231 Å². The van der Waals surface area contributed by atoms with Gasteiger partial charge in [-0.2, -0.15) is 0 Å². The van der Waals surface area contributed by atoms with Gasteiger partial charge in [-0.25, -0.2) is 0 Å². The van der Waals surface area contributed by atoms with Crippen molar-refractivity contribution in [1.82, 2.24) is 9.55 Å². The summed E-state index contributed by atoms with van der Waals surface area (Å²) >= 11 is 1.85. The lowest BCUT2D eigenvalue weighted by Crippen LogP contribution is -2.13. The summed E-state index contributed by atoms with van der Waals surface area (Å²) < 4.78 is 4.88. The van der Waals surface area contributed by atoms with Crippen LogP contribution in [-0.4, -0.2) is 9.55 Å². The highest BCUT2D eigenvalue weighted by molar-refractivity contribution is 7.26. The number of hydrogen-bond donors (Lipinski definition) is 0. The third kappa shape index (κ3) is 6.01. The number of nitrogens with zero attached hydrogens (tertiary/aromatic N) is 4. The van der Waals surface area contributed by atoms with Crippen molar-refractivity contribution < 1.29 is 0 Å². The molecule has 0 spiro atoms. The van der Waals surface area contributed by atoms with Crippen LogP contribution >= 0.6 is 11.3 Å². The Bertz CT molecular complexity index is 3500. The summed E-state index contributed by atoms with van der Waals surface area (Å²) in [6, 6.07) is 78.9. The maximum Gasteiger partial charge on any atom is 0.0575 e. The first kappa shape index (κ1) is 35.9. The number of rotatable bonds is 8. The van der Waals surface area contributed by atoms with Gasteiger partial charge >= 0.3 is 0 Å². The van der Waals surface area contributed by atoms with Crippen LogP contribution in [0, 0.1) is 0 Å². The lowest BCUT2D eigenvalue weighted by Gasteiger charge is -2.30. The van der Waals surface area contributed by atoms with Gasteiger partial charge < -0.3 is 14.4 Å². The van der Waals surface area contributed by atoms with Gasteiger partial charge in [0.1, 0.15) is 0 Å². The molecule has 0 atom stereocenters. The Hall–Kier alpha value is -7.99. The fourth-order valence-corrected chi connectivity index (χ4v) is 10.4. The minimum atomic E-state index is 1.09. The number of aromatic nitrogens is 2. The molecule has 0 aliphatic carbocycles. The molecule has 3 heterocycles. The molecule has 0 N–H and O–H groups in total. The van der Waals surface area contributed by atoms with E-state index < -0.39 is 0 Å². The van der Waals surface area contributed by atoms with Crippen molar-refractivity contribution in [2.24, 2.45) is 0 Å². The molecule has 0 saturated carbocycles. The summed E-state index contributed by atoms with van der Waals surface area (Å²) in [5.74, 6) is 0. The van der Waals surface area contributed by atoms with Crippen molar-refractivity contribution in [2.45, 2.75) is 0 Å². The third-order valence-electron chi connectivity index (χ3n) is 12.0. The Labute approximate surface area is 363 Å². The van der Waals surface area contributed by atoms with Gasteiger partial charge in [-0.15, -0.1) is 11.3 Å². The van der Waals surface area contributed by atoms with E-state index in [-0.39, 0.29) is 0 Å². The highest BCUT2D eigenvalue weighted by Crippen LogP contribution is 2.50. The van der Waals surface area contributed by atoms with Crippen molar-refractivity contribution in [2.75, 3.05) is 9.80 Å². The predicted molar refractivity (Wildman–Crippen MR) is 264 cm³/mol. The second-order valence-electron chi connectivity index (χ2n) is 15.6. The van der Waals surface area contributed by atoms with Crippen molar-refractivity contribution in [1.29, 1.82) is 0 Å². The van der Waals surface area contributed by atoms with Crippen LogP contribution < -0.4 is 9.80 Å². The van der Waals surface area contributed by atoms with Crippen LogP contribution in [0.1, 0.15) is 0 Å². The molecule has 12 rings (SSSR count). The summed E-state index contributed by atoms with van der Waals surface area (Å²) in [6.45, 7) is 0. The van der Waals surface area contributed by atoms with Gasteiger partial charge in [0, 0.05) is 77.2 Å². The number of pyridine rings is 1. The van der Waals surface area contributed by atoms with Gasteiger partial charge in [0.05, 0.1) is 22.4 Å². The van der Waals surface area contributed by atoms with Crippen molar-refractivity contribution in [3.63, 3.8) is 0 Å². The van der Waals surface area contributed by atoms with E-state index in [1.807, 2.05) is 23.7 Å². The minimum absolute atomic E-state index is 1.09. The average Bonchev–Trinajstić information content (AvgIpc) is 3.88. The smallest absolute Gasteiger partial charge is 0.0575 e. The fourth-order valence-electron chi connectivity index (χ4n) is 9.24. The molecular weight excluding hydrogens is 773 g/mol. The molecule has 0 radical (unpaired) electrons. The van der Waals surface area contributed by atoms with E-state index in [1.54, 1.807) is 0 Å². The van der Waals surface area contributed by atoms with E-state index in [4.69, 9.17) is 0 Å². The molecular formula is C57H38N4S. The largest absolute Gasteiger partial charge is 0.310 e. The second kappa shape index (κ2) is 14.9. The first-order valence-corrected chi connectivity index (χ1v) is 21.8. The molecule has 0 aliphatic rings. The maximum absolute atomic E-state index is 4.54. The lowest BCUT2D eigenvalue weighted by atomic mass is 10.00. The standard InChI is InChI=1S/C57H38N4S/c1-5-17-42(18-6-1)59(43-19-7-2-8-20-43)46-36-54(60(44-21-9-3-10-22-44)45-23-11-4-12-24-45)57-49-34-40(29-31-55(49)62-56(57)37-46)41-28-30-48-47-25-13-14-26-51(47)61(53(48)35-41)52-27-15-16-39-32-33-58-38-50(39)52/h1-38H. The highest BCUT2D eigenvalue weighted by atomic mass is 32.1. The van der Waals surface area contributed by atoms with Gasteiger partial charge in [0.25, 0.3) is 0 Å². The molecule has 3 aromatic heterocycles. The lowest BCUT2D eigenvalue weighted by molar-refractivity contribution is 1.19. The molecule has 0 bridgehead atoms. The van der Waals surface area contributed by atoms with Gasteiger partial charge in [-0.05, 0) is 114 Å². The fraction of sp³-hybridized carbons (Fsp3) is 0. The molecule has 12 aromatic rings. The number of hydrogen-bond acceptors (Lipinski definition) is 4. The molecule has 5 heteroatoms. The summed E-state index contributed by atoms with van der Waals surface area (Å²) in [5, 5.41) is 7.21. The number of fused-ring (bicyclic) bond motifs is 7. The monoisotopic (exact) mass is 810 g/mol. The SMILES string of the molecule is c1ccc(N(c2ccccc2)c2cc(N(c3ccccc3)c3ccccc3)c3c(c2)sc2ccc(-c4ccc5c6ccccc6n(-c6cccc7ccncc67)c5c4)cc23)cc1. The maximum atomic E-state index is 4.54. The zero-order chi connectivity index (χ0) is 41.0. The van der Waals surface area contributed by atoms with Gasteiger partial charge in [-0.3, -0.25) is 4.98 Å². The molecule has 0 amide bonds. The second-order valence-corrected chi connectivity index (χ2v) is 16.7. The molecule has 0 fully saturated rings. The van der Waals surface area contributed by atoms with Crippen LogP contribution in [-0.2, 0) is 0 Å². The zero-order valence-corrected chi connectivity index (χ0v) is 34.5. The summed E-state index contributed by atoms with van der Waals surface area (Å²) in [6.07, 6.45) is 3.86. The van der Waals surface area contributed by atoms with E-state index in [2.05, 4.69) is 238 Å². The Morgan fingerprint density at radius 2 is 0.984 bits per heavy atom. The van der Waals surface area contributed by atoms with E-state index in [9.17, 15) is 0 Å². The quantitative estimate of drug-likeness (QED) is 0.153. The zero-order valence-electron chi connectivity index (χ0n) is 33.6. The Morgan fingerprint density at radius 3 is 1.68 bits per heavy atom. The Morgan fingerprint density at radius 1 is 0.387 bits per heavy atom. The number of para-hydroxylation sites is 5. The molecule has 0 saturated heterocycles. The topological polar surface area (TPSA) is 24.3 Å². The molecule has 0 aliphatic heterocycles. The molecule has 292 valence electrons.